The van der Waals surface area contributed by atoms with E-state index in [1.165, 1.54) is 11.3 Å². The van der Waals surface area contributed by atoms with Crippen LogP contribution in [0, 0.1) is 6.92 Å². The summed E-state index contributed by atoms with van der Waals surface area (Å²) in [6.45, 7) is 1.86. The average molecular weight is 453 g/mol. The molecule has 0 radical (unpaired) electrons. The lowest BCUT2D eigenvalue weighted by Gasteiger charge is -2.12. The van der Waals surface area contributed by atoms with Crippen molar-refractivity contribution in [3.8, 4) is 0 Å². The van der Waals surface area contributed by atoms with Crippen LogP contribution in [0.3, 0.4) is 0 Å². The summed E-state index contributed by atoms with van der Waals surface area (Å²) in [6, 6.07) is 24.4. The maximum atomic E-state index is 13.2. The van der Waals surface area contributed by atoms with Gasteiger partial charge in [0.2, 0.25) is 0 Å². The zero-order valence-corrected chi connectivity index (χ0v) is 18.6. The molecular formula is C27H20N2O3S. The zero-order valence-electron chi connectivity index (χ0n) is 17.8. The lowest BCUT2D eigenvalue weighted by atomic mass is 10.1. The highest BCUT2D eigenvalue weighted by Crippen LogP contribution is 2.30. The molecule has 0 saturated heterocycles. The van der Waals surface area contributed by atoms with Gasteiger partial charge < -0.3 is 15.1 Å². The van der Waals surface area contributed by atoms with Gasteiger partial charge in [-0.25, -0.2) is 0 Å². The molecule has 2 N–H and O–H groups in total. The van der Waals surface area contributed by atoms with E-state index in [1.807, 2.05) is 73.0 Å². The quantitative estimate of drug-likeness (QED) is 0.305. The summed E-state index contributed by atoms with van der Waals surface area (Å²) in [4.78, 5) is 26.9. The number of rotatable bonds is 5. The number of anilines is 1. The molecule has 2 heterocycles. The monoisotopic (exact) mass is 452 g/mol. The number of carbonyl (C=O) groups excluding carboxylic acids is 2. The molecule has 3 aromatic carbocycles. The molecule has 0 saturated carbocycles. The van der Waals surface area contributed by atoms with Gasteiger partial charge in [0, 0.05) is 33.0 Å². The fourth-order valence-corrected chi connectivity index (χ4v) is 4.35. The Morgan fingerprint density at radius 3 is 2.48 bits per heavy atom. The van der Waals surface area contributed by atoms with Gasteiger partial charge in [-0.3, -0.25) is 9.59 Å². The van der Waals surface area contributed by atoms with Crippen molar-refractivity contribution in [3.63, 3.8) is 0 Å². The van der Waals surface area contributed by atoms with Crippen molar-refractivity contribution in [2.75, 3.05) is 5.32 Å². The summed E-state index contributed by atoms with van der Waals surface area (Å²) in [7, 11) is 0. The smallest absolute Gasteiger partial charge is 0.272 e. The largest absolute Gasteiger partial charge is 0.456 e. The normalized spacial score (nSPS) is 11.6. The first-order chi connectivity index (χ1) is 16.1. The average Bonchev–Trinajstić information content (AvgIpc) is 3.46. The van der Waals surface area contributed by atoms with E-state index >= 15 is 0 Å². The third-order valence-corrected chi connectivity index (χ3v) is 6.17. The molecule has 0 aliphatic rings. The van der Waals surface area contributed by atoms with Crippen molar-refractivity contribution in [3.05, 3.63) is 106 Å². The number of hydrogen-bond donors (Lipinski definition) is 2. The van der Waals surface area contributed by atoms with Crippen LogP contribution in [0.5, 0.6) is 0 Å². The molecule has 0 spiro atoms. The molecule has 6 heteroatoms. The van der Waals surface area contributed by atoms with Crippen molar-refractivity contribution in [1.82, 2.24) is 5.32 Å². The third-order valence-electron chi connectivity index (χ3n) is 5.35. The number of thiophene rings is 1. The van der Waals surface area contributed by atoms with Gasteiger partial charge in [-0.2, -0.15) is 0 Å². The van der Waals surface area contributed by atoms with Crippen LogP contribution in [-0.4, -0.2) is 11.8 Å². The molecule has 0 atom stereocenters. The van der Waals surface area contributed by atoms with Gasteiger partial charge in [-0.1, -0.05) is 42.5 Å². The Hall–Kier alpha value is -4.16. The van der Waals surface area contributed by atoms with E-state index in [1.54, 1.807) is 24.3 Å². The number of fused-ring (bicyclic) bond motifs is 3. The Balaban J connectivity index is 1.44. The Morgan fingerprint density at radius 2 is 1.67 bits per heavy atom. The topological polar surface area (TPSA) is 71.3 Å². The Bertz CT molecular complexity index is 1510. The van der Waals surface area contributed by atoms with E-state index in [0.717, 1.165) is 26.8 Å². The van der Waals surface area contributed by atoms with E-state index in [-0.39, 0.29) is 11.6 Å². The van der Waals surface area contributed by atoms with E-state index in [0.29, 0.717) is 16.8 Å². The second-order valence-electron chi connectivity index (χ2n) is 7.61. The van der Waals surface area contributed by atoms with Crippen LogP contribution in [0.15, 0.2) is 94.4 Å². The summed E-state index contributed by atoms with van der Waals surface area (Å²) in [5, 5.41) is 9.59. The maximum Gasteiger partial charge on any atom is 0.272 e. The number of furan rings is 1. The van der Waals surface area contributed by atoms with Crippen LogP contribution in [0.4, 0.5) is 5.69 Å². The highest BCUT2D eigenvalue weighted by molar-refractivity contribution is 7.10. The minimum Gasteiger partial charge on any atom is -0.456 e. The van der Waals surface area contributed by atoms with Crippen LogP contribution >= 0.6 is 11.3 Å². The number of nitrogens with one attached hydrogen (secondary N) is 2. The van der Waals surface area contributed by atoms with Crippen molar-refractivity contribution in [2.45, 2.75) is 6.92 Å². The molecule has 5 nitrogen and oxygen atoms in total. The molecule has 5 rings (SSSR count). The van der Waals surface area contributed by atoms with Crippen LogP contribution in [0.1, 0.15) is 20.8 Å². The summed E-state index contributed by atoms with van der Waals surface area (Å²) in [5.74, 6) is -0.750. The second kappa shape index (κ2) is 8.76. The lowest BCUT2D eigenvalue weighted by Crippen LogP contribution is -2.31. The molecule has 2 aromatic heterocycles. The standard InChI is InChI=1S/C27H20N2O3S/c1-17-7-2-3-9-20(17)26(30)29-23(16-19-8-6-14-33-19)27(31)28-18-12-13-22-21-10-4-5-11-24(21)32-25(22)15-18/h2-16H,1H3,(H,28,31)(H,29,30)/b23-16-. The van der Waals surface area contributed by atoms with Crippen molar-refractivity contribution in [2.24, 2.45) is 0 Å². The highest BCUT2D eigenvalue weighted by Gasteiger charge is 2.17. The summed E-state index contributed by atoms with van der Waals surface area (Å²) in [6.07, 6.45) is 1.68. The summed E-state index contributed by atoms with van der Waals surface area (Å²) in [5.41, 5.74) is 3.57. The molecule has 0 aliphatic carbocycles. The Kier molecular flexibility index (Phi) is 5.50. The minimum absolute atomic E-state index is 0.162. The Morgan fingerprint density at radius 1 is 0.879 bits per heavy atom. The molecule has 2 amide bonds. The maximum absolute atomic E-state index is 13.2. The first-order valence-corrected chi connectivity index (χ1v) is 11.3. The van der Waals surface area contributed by atoms with Gasteiger partial charge in [0.05, 0.1) is 0 Å². The lowest BCUT2D eigenvalue weighted by molar-refractivity contribution is -0.113. The number of carbonyl (C=O) groups is 2. The van der Waals surface area contributed by atoms with Crippen molar-refractivity contribution in [1.29, 1.82) is 0 Å². The molecule has 5 aromatic rings. The molecular weight excluding hydrogens is 432 g/mol. The second-order valence-corrected chi connectivity index (χ2v) is 8.59. The number of benzene rings is 3. The number of aryl methyl sites for hydroxylation is 1. The zero-order chi connectivity index (χ0) is 22.8. The van der Waals surface area contributed by atoms with Gasteiger partial charge in [-0.05, 0) is 54.3 Å². The first-order valence-electron chi connectivity index (χ1n) is 10.4. The van der Waals surface area contributed by atoms with Crippen molar-refractivity contribution < 1.29 is 14.0 Å². The van der Waals surface area contributed by atoms with Crippen LogP contribution < -0.4 is 10.6 Å². The van der Waals surface area contributed by atoms with Gasteiger partial charge >= 0.3 is 0 Å². The molecule has 0 aliphatic heterocycles. The molecule has 162 valence electrons. The molecule has 0 bridgehead atoms. The number of hydrogen-bond acceptors (Lipinski definition) is 4. The van der Waals surface area contributed by atoms with Crippen LogP contribution in [-0.2, 0) is 4.79 Å². The molecule has 0 unspecified atom stereocenters. The minimum atomic E-state index is -0.416. The molecule has 33 heavy (non-hydrogen) atoms. The van der Waals surface area contributed by atoms with Crippen molar-refractivity contribution >= 4 is 56.9 Å². The highest BCUT2D eigenvalue weighted by atomic mass is 32.1. The van der Waals surface area contributed by atoms with Gasteiger partial charge in [-0.15, -0.1) is 11.3 Å². The Labute approximate surface area is 194 Å². The molecule has 0 fully saturated rings. The third kappa shape index (κ3) is 4.29. The van der Waals surface area contributed by atoms with Gasteiger partial charge in [0.15, 0.2) is 0 Å². The van der Waals surface area contributed by atoms with Crippen LogP contribution in [0.25, 0.3) is 28.0 Å². The SMILES string of the molecule is Cc1ccccc1C(=O)N/C(=C\c1cccs1)C(=O)Nc1ccc2c(c1)oc1ccccc12. The van der Waals surface area contributed by atoms with Gasteiger partial charge in [0.1, 0.15) is 16.9 Å². The van der Waals surface area contributed by atoms with E-state index in [9.17, 15) is 9.59 Å². The van der Waals surface area contributed by atoms with E-state index < -0.39 is 5.91 Å². The summed E-state index contributed by atoms with van der Waals surface area (Å²) >= 11 is 1.48. The fourth-order valence-electron chi connectivity index (χ4n) is 3.69. The summed E-state index contributed by atoms with van der Waals surface area (Å²) < 4.78 is 5.92. The first kappa shape index (κ1) is 20.7. The predicted octanol–water partition coefficient (Wildman–Crippen LogP) is 6.37. The van der Waals surface area contributed by atoms with Crippen LogP contribution in [0.2, 0.25) is 0 Å². The number of para-hydroxylation sites is 1. The van der Waals surface area contributed by atoms with Gasteiger partial charge in [0.25, 0.3) is 11.8 Å². The van der Waals surface area contributed by atoms with E-state index in [2.05, 4.69) is 10.6 Å². The predicted molar refractivity (Wildman–Crippen MR) is 133 cm³/mol. The van der Waals surface area contributed by atoms with E-state index in [4.69, 9.17) is 4.42 Å². The number of amides is 2. The fraction of sp³-hybridized carbons (Fsp3) is 0.0370.